The van der Waals surface area contributed by atoms with Crippen LogP contribution in [0.3, 0.4) is 0 Å². The molecule has 1 heterocycles. The lowest BCUT2D eigenvalue weighted by Crippen LogP contribution is -2.05. The van der Waals surface area contributed by atoms with Gasteiger partial charge in [0.2, 0.25) is 0 Å². The second kappa shape index (κ2) is 7.91. The highest BCUT2D eigenvalue weighted by molar-refractivity contribution is 5.87. The zero-order valence-electron chi connectivity index (χ0n) is 16.0. The molecule has 0 aliphatic carbocycles. The summed E-state index contributed by atoms with van der Waals surface area (Å²) in [5, 5.41) is 11.3. The molecule has 1 atom stereocenters. The molecule has 30 heavy (non-hydrogen) atoms. The quantitative estimate of drug-likeness (QED) is 0.370. The first kappa shape index (κ1) is 19.5. The van der Waals surface area contributed by atoms with Gasteiger partial charge in [0, 0.05) is 17.7 Å². The first-order valence-electron chi connectivity index (χ1n) is 9.23. The first-order valence-corrected chi connectivity index (χ1v) is 9.23. The van der Waals surface area contributed by atoms with Crippen molar-refractivity contribution in [3.05, 3.63) is 111 Å². The predicted octanol–water partition coefficient (Wildman–Crippen LogP) is 5.29. The highest BCUT2D eigenvalue weighted by Gasteiger charge is 2.22. The Morgan fingerprint density at radius 1 is 0.967 bits per heavy atom. The van der Waals surface area contributed by atoms with Gasteiger partial charge in [-0.15, -0.1) is 0 Å². The number of phenolic OH excluding ortho intramolecular Hbond substituents is 1. The van der Waals surface area contributed by atoms with Gasteiger partial charge >= 0.3 is 5.63 Å². The van der Waals surface area contributed by atoms with Crippen LogP contribution in [0.2, 0.25) is 0 Å². The van der Waals surface area contributed by atoms with Crippen LogP contribution >= 0.6 is 0 Å². The predicted molar refractivity (Wildman–Crippen MR) is 111 cm³/mol. The third-order valence-electron chi connectivity index (χ3n) is 4.84. The molecule has 0 aliphatic heterocycles. The maximum absolute atomic E-state index is 13.5. The molecule has 3 aromatic carbocycles. The van der Waals surface area contributed by atoms with Gasteiger partial charge < -0.3 is 9.52 Å². The summed E-state index contributed by atoms with van der Waals surface area (Å²) in [5.74, 6) is -0.891. The Hall–Kier alpha value is -3.80. The van der Waals surface area contributed by atoms with Crippen LogP contribution in [0.4, 0.5) is 8.78 Å². The maximum Gasteiger partial charge on any atom is 0.336 e. The fraction of sp³-hybridized carbons (Fsp3) is 0.0833. The maximum atomic E-state index is 13.5. The third kappa shape index (κ3) is 3.85. The minimum Gasteiger partial charge on any atom is -0.507 e. The molecule has 150 valence electrons. The molecular formula is C24H17F2NO3. The van der Waals surface area contributed by atoms with Crippen LogP contribution < -0.4 is 5.63 Å². The molecular weight excluding hydrogens is 388 g/mol. The summed E-state index contributed by atoms with van der Waals surface area (Å²) in [6.07, 6.45) is 1.53. The number of hydrogen-bond donors (Lipinski definition) is 1. The number of phenols is 1. The number of rotatable bonds is 4. The molecule has 1 N–H and O–H groups in total. The highest BCUT2D eigenvalue weighted by atomic mass is 19.1. The zero-order valence-corrected chi connectivity index (χ0v) is 16.0. The molecule has 0 spiro atoms. The van der Waals surface area contributed by atoms with E-state index in [1.165, 1.54) is 42.6 Å². The highest BCUT2D eigenvalue weighted by Crippen LogP contribution is 2.38. The number of hydrogen-bond acceptors (Lipinski definition) is 4. The standard InChI is InChI=1S/C24H17F2NO3/c1-14-12-21(29)30-24-19(14)10-11-20(28)22(24)23(16-4-8-18(26)9-5-16)27-13-15-2-6-17(25)7-3-15/h2-13,23,28H,1H3. The van der Waals surface area contributed by atoms with E-state index in [1.807, 2.05) is 0 Å². The van der Waals surface area contributed by atoms with Crippen LogP contribution in [0.1, 0.15) is 28.3 Å². The van der Waals surface area contributed by atoms with E-state index in [0.29, 0.717) is 27.6 Å². The van der Waals surface area contributed by atoms with Gasteiger partial charge in [-0.1, -0.05) is 24.3 Å². The number of halogens is 2. The number of benzene rings is 3. The fourth-order valence-corrected chi connectivity index (χ4v) is 3.34. The lowest BCUT2D eigenvalue weighted by atomic mass is 9.95. The minimum absolute atomic E-state index is 0.109. The van der Waals surface area contributed by atoms with Crippen LogP contribution in [0, 0.1) is 18.6 Å². The van der Waals surface area contributed by atoms with Crippen molar-refractivity contribution in [3.8, 4) is 5.75 Å². The van der Waals surface area contributed by atoms with Gasteiger partial charge in [-0.2, -0.15) is 0 Å². The van der Waals surface area contributed by atoms with Crippen molar-refractivity contribution in [2.24, 2.45) is 4.99 Å². The SMILES string of the molecule is Cc1cc(=O)oc2c(C(N=Cc3ccc(F)cc3)c3ccc(F)cc3)c(O)ccc12. The average Bonchev–Trinajstić information content (AvgIpc) is 2.71. The number of aliphatic imine (C=N–C) groups is 1. The molecule has 0 fully saturated rings. The summed E-state index contributed by atoms with van der Waals surface area (Å²) in [6, 6.07) is 15.2. The summed E-state index contributed by atoms with van der Waals surface area (Å²) in [6.45, 7) is 1.77. The fourth-order valence-electron chi connectivity index (χ4n) is 3.34. The summed E-state index contributed by atoms with van der Waals surface area (Å²) in [4.78, 5) is 16.6. The van der Waals surface area contributed by atoms with E-state index in [9.17, 15) is 18.7 Å². The largest absolute Gasteiger partial charge is 0.507 e. The Labute approximate surface area is 170 Å². The van der Waals surface area contributed by atoms with Gasteiger partial charge in [0.1, 0.15) is 29.0 Å². The van der Waals surface area contributed by atoms with Gasteiger partial charge in [0.15, 0.2) is 0 Å². The number of nitrogens with zero attached hydrogens (tertiary/aromatic N) is 1. The van der Waals surface area contributed by atoms with E-state index >= 15 is 0 Å². The Balaban J connectivity index is 1.94. The molecule has 4 rings (SSSR count). The molecule has 1 aromatic heterocycles. The molecule has 0 bridgehead atoms. The minimum atomic E-state index is -0.788. The second-order valence-corrected chi connectivity index (χ2v) is 6.91. The average molecular weight is 405 g/mol. The van der Waals surface area contributed by atoms with Gasteiger partial charge in [-0.25, -0.2) is 13.6 Å². The van der Waals surface area contributed by atoms with Crippen molar-refractivity contribution >= 4 is 17.2 Å². The molecule has 6 heteroatoms. The normalized spacial score (nSPS) is 12.5. The summed E-state index contributed by atoms with van der Waals surface area (Å²) >= 11 is 0. The van der Waals surface area contributed by atoms with Crippen molar-refractivity contribution in [2.75, 3.05) is 0 Å². The van der Waals surface area contributed by atoms with E-state index in [-0.39, 0.29) is 17.1 Å². The molecule has 0 saturated heterocycles. The number of fused-ring (bicyclic) bond motifs is 1. The van der Waals surface area contributed by atoms with Crippen LogP contribution in [-0.2, 0) is 0 Å². The van der Waals surface area contributed by atoms with Crippen molar-refractivity contribution in [3.63, 3.8) is 0 Å². The smallest absolute Gasteiger partial charge is 0.336 e. The van der Waals surface area contributed by atoms with Crippen LogP contribution in [0.25, 0.3) is 11.0 Å². The van der Waals surface area contributed by atoms with Crippen molar-refractivity contribution < 1.29 is 18.3 Å². The van der Waals surface area contributed by atoms with Gasteiger partial charge in [-0.3, -0.25) is 4.99 Å². The number of aromatic hydroxyl groups is 1. The topological polar surface area (TPSA) is 62.8 Å². The van der Waals surface area contributed by atoms with Crippen molar-refractivity contribution in [2.45, 2.75) is 13.0 Å². The van der Waals surface area contributed by atoms with E-state index in [2.05, 4.69) is 4.99 Å². The van der Waals surface area contributed by atoms with E-state index in [1.54, 1.807) is 37.3 Å². The third-order valence-corrected chi connectivity index (χ3v) is 4.84. The second-order valence-electron chi connectivity index (χ2n) is 6.91. The Morgan fingerprint density at radius 2 is 1.60 bits per heavy atom. The number of aryl methyl sites for hydroxylation is 1. The van der Waals surface area contributed by atoms with E-state index in [0.717, 1.165) is 0 Å². The monoisotopic (exact) mass is 405 g/mol. The van der Waals surface area contributed by atoms with E-state index in [4.69, 9.17) is 4.42 Å². The van der Waals surface area contributed by atoms with Gasteiger partial charge in [0.05, 0.1) is 5.56 Å². The van der Waals surface area contributed by atoms with Crippen LogP contribution in [0.5, 0.6) is 5.75 Å². The first-order chi connectivity index (χ1) is 14.4. The summed E-state index contributed by atoms with van der Waals surface area (Å²) in [7, 11) is 0. The van der Waals surface area contributed by atoms with Crippen LogP contribution in [-0.4, -0.2) is 11.3 Å². The Morgan fingerprint density at radius 3 is 2.27 bits per heavy atom. The van der Waals surface area contributed by atoms with E-state index < -0.39 is 17.5 Å². The molecule has 0 radical (unpaired) electrons. The molecule has 0 amide bonds. The Kier molecular flexibility index (Phi) is 5.14. The molecule has 4 nitrogen and oxygen atoms in total. The van der Waals surface area contributed by atoms with Gasteiger partial charge in [-0.05, 0) is 60.0 Å². The lowest BCUT2D eigenvalue weighted by Gasteiger charge is -2.17. The summed E-state index contributed by atoms with van der Waals surface area (Å²) < 4.78 is 32.1. The van der Waals surface area contributed by atoms with Crippen LogP contribution in [0.15, 0.2) is 80.9 Å². The van der Waals surface area contributed by atoms with Crippen molar-refractivity contribution in [1.82, 2.24) is 0 Å². The molecule has 1 unspecified atom stereocenters. The van der Waals surface area contributed by atoms with Crippen molar-refractivity contribution in [1.29, 1.82) is 0 Å². The van der Waals surface area contributed by atoms with Gasteiger partial charge in [0.25, 0.3) is 0 Å². The summed E-state index contributed by atoms with van der Waals surface area (Å²) in [5.41, 5.74) is 1.88. The molecule has 4 aromatic rings. The lowest BCUT2D eigenvalue weighted by molar-refractivity contribution is 0.462. The molecule has 0 saturated carbocycles. The molecule has 0 aliphatic rings. The Bertz CT molecular complexity index is 1290. The zero-order chi connectivity index (χ0) is 21.3.